The highest BCUT2D eigenvalue weighted by Gasteiger charge is 2.81. The lowest BCUT2D eigenvalue weighted by Crippen LogP contribution is -2.82. The maximum atomic E-state index is 13.2. The van der Waals surface area contributed by atoms with Crippen LogP contribution >= 0.6 is 0 Å². The summed E-state index contributed by atoms with van der Waals surface area (Å²) in [6, 6.07) is 7.93. The highest BCUT2D eigenvalue weighted by molar-refractivity contribution is 5.66. The minimum absolute atomic E-state index is 0.0900. The van der Waals surface area contributed by atoms with Crippen molar-refractivity contribution in [2.45, 2.75) is 97.1 Å². The van der Waals surface area contributed by atoms with E-state index in [0.717, 1.165) is 41.8 Å². The minimum atomic E-state index is -1.74. The number of methoxy groups -OCH3 is 2. The number of hydrogen-bond acceptors (Lipinski definition) is 10. The van der Waals surface area contributed by atoms with Gasteiger partial charge in [-0.1, -0.05) is 12.1 Å². The van der Waals surface area contributed by atoms with Gasteiger partial charge in [-0.05, 0) is 94.5 Å². The molecule has 3 N–H and O–H groups in total. The van der Waals surface area contributed by atoms with E-state index < -0.39 is 45.9 Å². The fraction of sp³-hybridized carbons (Fsp3) is 0.622. The molecular weight excluding hydrogens is 600 g/mol. The van der Waals surface area contributed by atoms with Crippen LogP contribution in [-0.4, -0.2) is 108 Å². The highest BCUT2D eigenvalue weighted by atomic mass is 16.7. The van der Waals surface area contributed by atoms with Crippen LogP contribution in [0.1, 0.15) is 54.4 Å². The van der Waals surface area contributed by atoms with Crippen LogP contribution in [0.25, 0.3) is 0 Å². The van der Waals surface area contributed by atoms with Crippen LogP contribution in [0.4, 0.5) is 0 Å². The first kappa shape index (κ1) is 27.9. The Morgan fingerprint density at radius 3 is 2.02 bits per heavy atom. The van der Waals surface area contributed by atoms with E-state index in [4.69, 9.17) is 23.7 Å². The molecule has 10 heteroatoms. The number of hydrogen-bond donors (Lipinski definition) is 3. The van der Waals surface area contributed by atoms with Crippen LogP contribution in [-0.2, 0) is 28.4 Å². The molecule has 5 aliphatic heterocycles. The number of rotatable bonds is 2. The van der Waals surface area contributed by atoms with E-state index in [1.807, 2.05) is 12.1 Å². The largest absolute Gasteiger partial charge is 0.493 e. The van der Waals surface area contributed by atoms with Gasteiger partial charge in [0.25, 0.3) is 0 Å². The van der Waals surface area contributed by atoms with Gasteiger partial charge in [0.15, 0.2) is 35.2 Å². The van der Waals surface area contributed by atoms with Crippen molar-refractivity contribution in [2.75, 3.05) is 41.4 Å². The van der Waals surface area contributed by atoms with Gasteiger partial charge in [-0.3, -0.25) is 0 Å². The van der Waals surface area contributed by atoms with Gasteiger partial charge in [0, 0.05) is 35.5 Å². The summed E-state index contributed by atoms with van der Waals surface area (Å²) in [6.45, 7) is 1.58. The molecule has 4 bridgehead atoms. The second kappa shape index (κ2) is 8.22. The van der Waals surface area contributed by atoms with Crippen molar-refractivity contribution >= 4 is 0 Å². The second-order valence-corrected chi connectivity index (χ2v) is 16.1. The Morgan fingerprint density at radius 2 is 1.36 bits per heavy atom. The summed E-state index contributed by atoms with van der Waals surface area (Å²) in [4.78, 5) is 4.59. The fourth-order valence-corrected chi connectivity index (χ4v) is 12.8. The third-order valence-corrected chi connectivity index (χ3v) is 14.7. The molecule has 10 atom stereocenters. The van der Waals surface area contributed by atoms with E-state index in [1.165, 1.54) is 5.56 Å². The Balaban J connectivity index is 1.11. The molecule has 248 valence electrons. The van der Waals surface area contributed by atoms with E-state index in [1.54, 1.807) is 14.2 Å². The summed E-state index contributed by atoms with van der Waals surface area (Å²) in [6.07, 6.45) is 2.55. The van der Waals surface area contributed by atoms with Crippen LogP contribution in [0, 0.1) is 5.92 Å². The molecule has 1 saturated carbocycles. The van der Waals surface area contributed by atoms with E-state index in [0.29, 0.717) is 67.3 Å². The average molecular weight is 643 g/mol. The minimum Gasteiger partial charge on any atom is -0.493 e. The van der Waals surface area contributed by atoms with Crippen LogP contribution in [0.15, 0.2) is 35.6 Å². The number of aliphatic hydroxyl groups is 3. The van der Waals surface area contributed by atoms with Gasteiger partial charge in [0.05, 0.1) is 36.3 Å². The maximum Gasteiger partial charge on any atom is 0.249 e. The summed E-state index contributed by atoms with van der Waals surface area (Å²) in [5, 5.41) is 39.3. The van der Waals surface area contributed by atoms with Gasteiger partial charge in [0.2, 0.25) is 5.79 Å². The van der Waals surface area contributed by atoms with Crippen LogP contribution in [0.3, 0.4) is 0 Å². The molecule has 11 rings (SSSR count). The Hall–Kier alpha value is -3.02. The maximum absolute atomic E-state index is 13.2. The van der Waals surface area contributed by atoms with Crippen molar-refractivity contribution in [3.63, 3.8) is 0 Å². The van der Waals surface area contributed by atoms with E-state index in [2.05, 4.69) is 36.0 Å². The van der Waals surface area contributed by atoms with Gasteiger partial charge >= 0.3 is 0 Å². The van der Waals surface area contributed by atoms with Crippen molar-refractivity contribution in [3.05, 3.63) is 57.9 Å². The lowest BCUT2D eigenvalue weighted by molar-refractivity contribution is -0.342. The van der Waals surface area contributed by atoms with Crippen molar-refractivity contribution < 1.29 is 39.0 Å². The lowest BCUT2D eigenvalue weighted by Gasteiger charge is -2.68. The zero-order chi connectivity index (χ0) is 32.0. The molecule has 0 unspecified atom stereocenters. The molecule has 2 saturated heterocycles. The summed E-state index contributed by atoms with van der Waals surface area (Å²) >= 11 is 0. The molecule has 9 aliphatic rings. The van der Waals surface area contributed by atoms with Crippen LogP contribution < -0.4 is 18.9 Å². The number of likely N-dealkylation sites (tertiary alicyclic amines) is 2. The van der Waals surface area contributed by atoms with Crippen LogP contribution in [0.5, 0.6) is 23.0 Å². The van der Waals surface area contributed by atoms with E-state index >= 15 is 0 Å². The molecule has 0 aromatic heterocycles. The zero-order valence-electron chi connectivity index (χ0n) is 27.3. The third kappa shape index (κ3) is 2.68. The number of likely N-dealkylation sites (N-methyl/N-ethyl adjacent to an activating group) is 2. The summed E-state index contributed by atoms with van der Waals surface area (Å²) in [5.41, 5.74) is 1.46. The average Bonchev–Trinajstić information content (AvgIpc) is 3.59. The standard InChI is InChI=1S/C37H42N2O8/c1-38-11-9-33-26-18-5-7-22(43-3)29(26)45-31(33)28-20(16-35(33,40)24(38)14-18)13-21-17-36(41)25-15-19-6-8-23(44-4)30-27(19)34(36,10-12-39(25)2)32(46-30)37(21,42)47-28/h5-8,21,24-25,31-32,40-42H,9-17H2,1-4H3/t21-,24+,25+,31-,32+,33-,34-,35+,36+,37+/m0/s1. The van der Waals surface area contributed by atoms with Crippen LogP contribution in [0.2, 0.25) is 0 Å². The molecule has 4 aliphatic carbocycles. The number of nitrogens with zero attached hydrogens (tertiary/aromatic N) is 2. The quantitative estimate of drug-likeness (QED) is 0.451. The van der Waals surface area contributed by atoms with Gasteiger partial charge in [0.1, 0.15) is 5.76 Å². The Kier molecular flexibility index (Phi) is 4.88. The van der Waals surface area contributed by atoms with Gasteiger partial charge in [-0.25, -0.2) is 0 Å². The molecule has 2 aromatic carbocycles. The van der Waals surface area contributed by atoms with Gasteiger partial charge < -0.3 is 48.8 Å². The molecule has 10 nitrogen and oxygen atoms in total. The molecular formula is C37H42N2O8. The third-order valence-electron chi connectivity index (χ3n) is 14.7. The number of fused-ring (bicyclic) bond motifs is 3. The molecule has 3 fully saturated rings. The van der Waals surface area contributed by atoms with Crippen molar-refractivity contribution in [2.24, 2.45) is 5.92 Å². The fourth-order valence-electron chi connectivity index (χ4n) is 12.8. The SMILES string of the molecule is COc1ccc2c3c1O[C@H]1C4=C(C[C@H]5C[C@@]6(O)[C@H]7Cc8ccc(OC)c9c8[C@@]6(CCN7C)[C@@H](O9)[C@]5(O)O4)C[C@@]4(O)[C@@H](C2)N(C)CC[C@]314. The normalized spacial score (nSPS) is 45.9. The first-order chi connectivity index (χ1) is 22.6. The summed E-state index contributed by atoms with van der Waals surface area (Å²) in [5.74, 6) is 1.000. The summed E-state index contributed by atoms with van der Waals surface area (Å²) < 4.78 is 32.6. The first-order valence-electron chi connectivity index (χ1n) is 17.3. The number of benzene rings is 2. The van der Waals surface area contributed by atoms with Crippen molar-refractivity contribution in [3.8, 4) is 23.0 Å². The Bertz CT molecular complexity index is 1850. The highest BCUT2D eigenvalue weighted by Crippen LogP contribution is 2.72. The topological polar surface area (TPSA) is 113 Å². The monoisotopic (exact) mass is 642 g/mol. The molecule has 5 heterocycles. The number of piperidine rings is 2. The van der Waals surface area contributed by atoms with Crippen molar-refractivity contribution in [1.29, 1.82) is 0 Å². The molecule has 2 spiro atoms. The van der Waals surface area contributed by atoms with E-state index in [-0.39, 0.29) is 12.1 Å². The number of ether oxygens (including phenoxy) is 5. The summed E-state index contributed by atoms with van der Waals surface area (Å²) in [7, 11) is 7.50. The first-order valence-corrected chi connectivity index (χ1v) is 17.3. The molecule has 2 aromatic rings. The Morgan fingerprint density at radius 1 is 0.766 bits per heavy atom. The van der Waals surface area contributed by atoms with Gasteiger partial charge in [-0.2, -0.15) is 0 Å². The van der Waals surface area contributed by atoms with E-state index in [9.17, 15) is 15.3 Å². The predicted molar refractivity (Wildman–Crippen MR) is 168 cm³/mol. The second-order valence-electron chi connectivity index (χ2n) is 16.1. The smallest absolute Gasteiger partial charge is 0.249 e. The van der Waals surface area contributed by atoms with Crippen molar-refractivity contribution in [1.82, 2.24) is 9.80 Å². The molecule has 47 heavy (non-hydrogen) atoms. The van der Waals surface area contributed by atoms with Gasteiger partial charge in [-0.15, -0.1) is 0 Å². The lowest BCUT2D eigenvalue weighted by atomic mass is 9.45. The molecule has 0 radical (unpaired) electrons. The zero-order valence-corrected chi connectivity index (χ0v) is 27.3. The predicted octanol–water partition coefficient (Wildman–Crippen LogP) is 2.17. The molecule has 0 amide bonds. The Labute approximate surface area is 273 Å².